The third-order valence-electron chi connectivity index (χ3n) is 2.46. The number of hydrogen-bond donors (Lipinski definition) is 0. The summed E-state index contributed by atoms with van der Waals surface area (Å²) < 4.78 is 5.03. The number of hydrogen-bond acceptors (Lipinski definition) is 2. The number of ether oxygens (including phenoxy) is 1. The first-order valence-electron chi connectivity index (χ1n) is 5.86. The maximum absolute atomic E-state index is 10.9. The van der Waals surface area contributed by atoms with Crippen LogP contribution in [0, 0.1) is 5.92 Å². The van der Waals surface area contributed by atoms with E-state index in [0.717, 1.165) is 12.8 Å². The van der Waals surface area contributed by atoms with Crippen molar-refractivity contribution in [1.29, 1.82) is 0 Å². The molecule has 15 heavy (non-hydrogen) atoms. The Morgan fingerprint density at radius 1 is 1.40 bits per heavy atom. The predicted octanol–water partition coefficient (Wildman–Crippen LogP) is 3.71. The lowest BCUT2D eigenvalue weighted by Gasteiger charge is -2.11. The largest absolute Gasteiger partial charge is 0.466 e. The van der Waals surface area contributed by atoms with Gasteiger partial charge in [-0.1, -0.05) is 25.8 Å². The molecule has 2 heteroatoms. The van der Waals surface area contributed by atoms with Gasteiger partial charge in [-0.05, 0) is 32.1 Å². The molecular weight excluding hydrogens is 188 g/mol. The van der Waals surface area contributed by atoms with Crippen molar-refractivity contribution < 1.29 is 9.53 Å². The summed E-state index contributed by atoms with van der Waals surface area (Å²) >= 11 is 0. The second-order valence-corrected chi connectivity index (χ2v) is 4.32. The molecule has 0 saturated heterocycles. The summed E-state index contributed by atoms with van der Waals surface area (Å²) in [6, 6.07) is 0. The summed E-state index contributed by atoms with van der Waals surface area (Å²) in [4.78, 5) is 10.9. The van der Waals surface area contributed by atoms with Crippen molar-refractivity contribution in [3.8, 4) is 0 Å². The molecule has 0 heterocycles. The van der Waals surface area contributed by atoms with Gasteiger partial charge in [-0.3, -0.25) is 4.79 Å². The Morgan fingerprint density at radius 2 is 2.07 bits per heavy atom. The zero-order chi connectivity index (χ0) is 11.7. The van der Waals surface area contributed by atoms with Crippen LogP contribution in [0.1, 0.15) is 52.9 Å². The molecule has 0 amide bonds. The number of allylic oxidation sites excluding steroid dienone is 1. The third kappa shape index (κ3) is 9.51. The molecule has 0 fully saturated rings. The Morgan fingerprint density at radius 3 is 2.60 bits per heavy atom. The van der Waals surface area contributed by atoms with Crippen molar-refractivity contribution in [2.75, 3.05) is 6.61 Å². The molecule has 0 N–H and O–H groups in total. The minimum Gasteiger partial charge on any atom is -0.466 e. The van der Waals surface area contributed by atoms with Crippen molar-refractivity contribution in [1.82, 2.24) is 0 Å². The summed E-state index contributed by atoms with van der Waals surface area (Å²) in [5, 5.41) is 0. The Kier molecular flexibility index (Phi) is 8.06. The van der Waals surface area contributed by atoms with Crippen LogP contribution in [0.2, 0.25) is 0 Å². The van der Waals surface area contributed by atoms with Gasteiger partial charge in [0.05, 0.1) is 6.61 Å². The Bertz CT molecular complexity index is 197. The fraction of sp³-hybridized carbons (Fsp3) is 0.769. The van der Waals surface area contributed by atoms with E-state index in [1.807, 2.05) is 6.92 Å². The van der Waals surface area contributed by atoms with E-state index in [0.29, 0.717) is 18.9 Å². The van der Waals surface area contributed by atoms with Crippen LogP contribution in [0.15, 0.2) is 12.2 Å². The summed E-state index contributed by atoms with van der Waals surface area (Å²) in [6.45, 7) is 10.5. The smallest absolute Gasteiger partial charge is 0.305 e. The highest BCUT2D eigenvalue weighted by Crippen LogP contribution is 2.14. The standard InChI is InChI=1S/C13H24O2/c1-5-13(14)15-10-9-12(4)8-6-7-11(2)3/h12H,2,5-10H2,1,3-4H3/t12-/m0/s1. The van der Waals surface area contributed by atoms with E-state index in [-0.39, 0.29) is 5.97 Å². The van der Waals surface area contributed by atoms with E-state index in [4.69, 9.17) is 4.74 Å². The minimum absolute atomic E-state index is 0.0934. The van der Waals surface area contributed by atoms with Crippen LogP contribution in [0.4, 0.5) is 0 Å². The third-order valence-corrected chi connectivity index (χ3v) is 2.46. The molecule has 0 aliphatic carbocycles. The normalized spacial score (nSPS) is 12.2. The summed E-state index contributed by atoms with van der Waals surface area (Å²) in [5.74, 6) is 0.540. The average Bonchev–Trinajstić information content (AvgIpc) is 2.17. The van der Waals surface area contributed by atoms with Gasteiger partial charge in [-0.15, -0.1) is 6.58 Å². The van der Waals surface area contributed by atoms with Crippen molar-refractivity contribution >= 4 is 5.97 Å². The number of esters is 1. The van der Waals surface area contributed by atoms with Crippen LogP contribution < -0.4 is 0 Å². The number of carbonyl (C=O) groups is 1. The van der Waals surface area contributed by atoms with Crippen LogP contribution in [-0.2, 0) is 9.53 Å². The number of rotatable bonds is 8. The van der Waals surface area contributed by atoms with Gasteiger partial charge in [-0.25, -0.2) is 0 Å². The van der Waals surface area contributed by atoms with Gasteiger partial charge in [0.15, 0.2) is 0 Å². The second kappa shape index (κ2) is 8.51. The van der Waals surface area contributed by atoms with Crippen molar-refractivity contribution in [3.05, 3.63) is 12.2 Å². The van der Waals surface area contributed by atoms with E-state index in [1.165, 1.54) is 18.4 Å². The minimum atomic E-state index is -0.0934. The van der Waals surface area contributed by atoms with Crippen molar-refractivity contribution in [2.24, 2.45) is 5.92 Å². The fourth-order valence-corrected chi connectivity index (χ4v) is 1.37. The highest BCUT2D eigenvalue weighted by Gasteiger charge is 2.04. The zero-order valence-electron chi connectivity index (χ0n) is 10.3. The monoisotopic (exact) mass is 212 g/mol. The predicted molar refractivity (Wildman–Crippen MR) is 63.7 cm³/mol. The lowest BCUT2D eigenvalue weighted by atomic mass is 9.99. The summed E-state index contributed by atoms with van der Waals surface area (Å²) in [5.41, 5.74) is 1.25. The van der Waals surface area contributed by atoms with Crippen LogP contribution in [0.5, 0.6) is 0 Å². The molecule has 0 aliphatic rings. The first kappa shape index (κ1) is 14.2. The molecule has 2 nitrogen and oxygen atoms in total. The van der Waals surface area contributed by atoms with Gasteiger partial charge in [0.1, 0.15) is 0 Å². The molecule has 1 atom stereocenters. The van der Waals surface area contributed by atoms with E-state index in [1.54, 1.807) is 0 Å². The van der Waals surface area contributed by atoms with E-state index in [9.17, 15) is 4.79 Å². The van der Waals surface area contributed by atoms with Gasteiger partial charge in [0.2, 0.25) is 0 Å². The van der Waals surface area contributed by atoms with Crippen LogP contribution in [0.3, 0.4) is 0 Å². The van der Waals surface area contributed by atoms with Crippen LogP contribution in [0.25, 0.3) is 0 Å². The van der Waals surface area contributed by atoms with E-state index >= 15 is 0 Å². The Labute approximate surface area is 93.7 Å². The SMILES string of the molecule is C=C(C)CCC[C@H](C)CCOC(=O)CC. The quantitative estimate of drug-likeness (QED) is 0.453. The fourth-order valence-electron chi connectivity index (χ4n) is 1.37. The van der Waals surface area contributed by atoms with Gasteiger partial charge in [-0.2, -0.15) is 0 Å². The zero-order valence-corrected chi connectivity index (χ0v) is 10.3. The first-order valence-corrected chi connectivity index (χ1v) is 5.86. The first-order chi connectivity index (χ1) is 7.06. The highest BCUT2D eigenvalue weighted by molar-refractivity contribution is 5.68. The highest BCUT2D eigenvalue weighted by atomic mass is 16.5. The topological polar surface area (TPSA) is 26.3 Å². The van der Waals surface area contributed by atoms with Gasteiger partial charge in [0.25, 0.3) is 0 Å². The molecule has 88 valence electrons. The molecule has 0 spiro atoms. The van der Waals surface area contributed by atoms with Crippen LogP contribution in [-0.4, -0.2) is 12.6 Å². The molecule has 0 saturated carbocycles. The van der Waals surface area contributed by atoms with E-state index < -0.39 is 0 Å². The van der Waals surface area contributed by atoms with Gasteiger partial charge < -0.3 is 4.74 Å². The molecule has 0 aromatic heterocycles. The van der Waals surface area contributed by atoms with Gasteiger partial charge >= 0.3 is 5.97 Å². The van der Waals surface area contributed by atoms with Crippen molar-refractivity contribution in [3.63, 3.8) is 0 Å². The Hall–Kier alpha value is -0.790. The maximum atomic E-state index is 10.9. The molecular formula is C13H24O2. The molecule has 0 aromatic rings. The number of carbonyl (C=O) groups excluding carboxylic acids is 1. The average molecular weight is 212 g/mol. The van der Waals surface area contributed by atoms with E-state index in [2.05, 4.69) is 20.4 Å². The Balaban J connectivity index is 3.37. The lowest BCUT2D eigenvalue weighted by molar-refractivity contribution is -0.143. The molecule has 0 aromatic carbocycles. The molecule has 0 rings (SSSR count). The van der Waals surface area contributed by atoms with Gasteiger partial charge in [0, 0.05) is 6.42 Å². The molecule has 0 bridgehead atoms. The summed E-state index contributed by atoms with van der Waals surface area (Å²) in [6.07, 6.45) is 4.94. The molecule has 0 aliphatic heterocycles. The van der Waals surface area contributed by atoms with Crippen molar-refractivity contribution in [2.45, 2.75) is 52.9 Å². The lowest BCUT2D eigenvalue weighted by Crippen LogP contribution is -2.07. The van der Waals surface area contributed by atoms with Crippen LogP contribution >= 0.6 is 0 Å². The molecule has 0 radical (unpaired) electrons. The maximum Gasteiger partial charge on any atom is 0.305 e. The second-order valence-electron chi connectivity index (χ2n) is 4.32. The summed E-state index contributed by atoms with van der Waals surface area (Å²) in [7, 11) is 0. The molecule has 0 unspecified atom stereocenters.